The summed E-state index contributed by atoms with van der Waals surface area (Å²) in [5.74, 6) is 0.284. The van der Waals surface area contributed by atoms with Crippen LogP contribution >= 0.6 is 11.3 Å². The molecule has 0 aliphatic rings. The van der Waals surface area contributed by atoms with Gasteiger partial charge in [0, 0.05) is 23.9 Å². The lowest BCUT2D eigenvalue weighted by molar-refractivity contribution is 0.301. The lowest BCUT2D eigenvalue weighted by Crippen LogP contribution is -2.13. The third kappa shape index (κ3) is 3.05. The van der Waals surface area contributed by atoms with E-state index >= 15 is 0 Å². The van der Waals surface area contributed by atoms with Crippen LogP contribution in [0.5, 0.6) is 5.75 Å². The molecule has 0 saturated heterocycles. The van der Waals surface area contributed by atoms with Gasteiger partial charge in [-0.25, -0.2) is 4.39 Å². The Balaban J connectivity index is 2.17. The van der Waals surface area contributed by atoms with E-state index in [0.29, 0.717) is 12.4 Å². The number of ether oxygens (including phenoxy) is 1. The standard InChI is InChI=1S/C13H15FN2OS/c1-9(15-2)12-4-3-10(14)5-13(12)17-7-11-6-16-8-18-11/h3-6,8-9,15H,7H2,1-2H3. The number of hydrogen-bond acceptors (Lipinski definition) is 4. The van der Waals surface area contributed by atoms with Gasteiger partial charge in [0.05, 0.1) is 10.4 Å². The highest BCUT2D eigenvalue weighted by molar-refractivity contribution is 7.09. The Bertz CT molecular complexity index is 502. The summed E-state index contributed by atoms with van der Waals surface area (Å²) in [5, 5.41) is 3.12. The second-order valence-electron chi connectivity index (χ2n) is 3.95. The molecule has 1 aromatic carbocycles. The fourth-order valence-electron chi connectivity index (χ4n) is 1.61. The summed E-state index contributed by atoms with van der Waals surface area (Å²) in [6.07, 6.45) is 1.76. The molecule has 1 unspecified atom stereocenters. The molecular weight excluding hydrogens is 251 g/mol. The van der Waals surface area contributed by atoms with Crippen LogP contribution in [0.2, 0.25) is 0 Å². The number of rotatable bonds is 5. The van der Waals surface area contributed by atoms with Gasteiger partial charge >= 0.3 is 0 Å². The molecule has 0 spiro atoms. The van der Waals surface area contributed by atoms with E-state index in [4.69, 9.17) is 4.74 Å². The van der Waals surface area contributed by atoms with Crippen molar-refractivity contribution < 1.29 is 9.13 Å². The Labute approximate surface area is 110 Å². The quantitative estimate of drug-likeness (QED) is 0.902. The van der Waals surface area contributed by atoms with E-state index in [1.807, 2.05) is 14.0 Å². The number of thiazole rings is 1. The van der Waals surface area contributed by atoms with Crippen molar-refractivity contribution in [2.45, 2.75) is 19.6 Å². The summed E-state index contributed by atoms with van der Waals surface area (Å²) in [7, 11) is 1.86. The zero-order valence-corrected chi connectivity index (χ0v) is 11.1. The molecule has 0 aliphatic heterocycles. The Morgan fingerprint density at radius 3 is 3.00 bits per heavy atom. The molecule has 3 nitrogen and oxygen atoms in total. The predicted molar refractivity (Wildman–Crippen MR) is 70.3 cm³/mol. The number of hydrogen-bond donors (Lipinski definition) is 1. The van der Waals surface area contributed by atoms with E-state index in [1.54, 1.807) is 17.8 Å². The average Bonchev–Trinajstić information content (AvgIpc) is 2.88. The van der Waals surface area contributed by atoms with Crippen molar-refractivity contribution in [2.75, 3.05) is 7.05 Å². The van der Waals surface area contributed by atoms with Gasteiger partial charge in [-0.15, -0.1) is 11.3 Å². The molecule has 0 bridgehead atoms. The van der Waals surface area contributed by atoms with E-state index in [9.17, 15) is 4.39 Å². The van der Waals surface area contributed by atoms with Gasteiger partial charge in [-0.3, -0.25) is 4.98 Å². The lowest BCUT2D eigenvalue weighted by Gasteiger charge is -2.16. The van der Waals surface area contributed by atoms with Crippen LogP contribution in [-0.4, -0.2) is 12.0 Å². The number of halogens is 1. The van der Waals surface area contributed by atoms with Crippen LogP contribution in [0.1, 0.15) is 23.4 Å². The Morgan fingerprint density at radius 2 is 2.33 bits per heavy atom. The molecule has 5 heteroatoms. The van der Waals surface area contributed by atoms with E-state index in [1.165, 1.54) is 23.5 Å². The highest BCUT2D eigenvalue weighted by Crippen LogP contribution is 2.27. The summed E-state index contributed by atoms with van der Waals surface area (Å²) >= 11 is 1.52. The molecular formula is C13H15FN2OS. The largest absolute Gasteiger partial charge is 0.488 e. The lowest BCUT2D eigenvalue weighted by atomic mass is 10.1. The Morgan fingerprint density at radius 1 is 1.50 bits per heavy atom. The summed E-state index contributed by atoms with van der Waals surface area (Å²) in [5.41, 5.74) is 2.70. The maximum atomic E-state index is 13.3. The molecule has 1 N–H and O–H groups in total. The van der Waals surface area contributed by atoms with Crippen molar-refractivity contribution in [1.29, 1.82) is 0 Å². The van der Waals surface area contributed by atoms with Crippen LogP contribution in [0.3, 0.4) is 0 Å². The van der Waals surface area contributed by atoms with Gasteiger partial charge in [-0.1, -0.05) is 6.07 Å². The number of nitrogens with one attached hydrogen (secondary N) is 1. The van der Waals surface area contributed by atoms with Crippen LogP contribution in [0.25, 0.3) is 0 Å². The number of benzene rings is 1. The summed E-state index contributed by atoms with van der Waals surface area (Å²) < 4.78 is 18.9. The first kappa shape index (κ1) is 13.0. The molecule has 0 fully saturated rings. The number of aromatic nitrogens is 1. The van der Waals surface area contributed by atoms with Crippen molar-refractivity contribution in [1.82, 2.24) is 10.3 Å². The summed E-state index contributed by atoms with van der Waals surface area (Å²) in [6, 6.07) is 4.73. The Hall–Kier alpha value is -1.46. The van der Waals surface area contributed by atoms with E-state index in [0.717, 1.165) is 10.4 Å². The molecule has 1 heterocycles. The zero-order valence-electron chi connectivity index (χ0n) is 10.3. The van der Waals surface area contributed by atoms with Gasteiger partial charge in [-0.2, -0.15) is 0 Å². The van der Waals surface area contributed by atoms with Crippen LogP contribution in [0.4, 0.5) is 4.39 Å². The fraction of sp³-hybridized carbons (Fsp3) is 0.308. The minimum atomic E-state index is -0.290. The van der Waals surface area contributed by atoms with Gasteiger partial charge in [0.1, 0.15) is 18.2 Å². The normalized spacial score (nSPS) is 12.4. The van der Waals surface area contributed by atoms with Gasteiger partial charge in [0.15, 0.2) is 0 Å². The van der Waals surface area contributed by atoms with Crippen LogP contribution in [-0.2, 0) is 6.61 Å². The topological polar surface area (TPSA) is 34.1 Å². The van der Waals surface area contributed by atoms with Crippen molar-refractivity contribution in [3.63, 3.8) is 0 Å². The molecule has 0 saturated carbocycles. The first-order chi connectivity index (χ1) is 8.70. The van der Waals surface area contributed by atoms with E-state index < -0.39 is 0 Å². The molecule has 96 valence electrons. The van der Waals surface area contributed by atoms with Gasteiger partial charge in [0.25, 0.3) is 0 Å². The third-order valence-electron chi connectivity index (χ3n) is 2.73. The van der Waals surface area contributed by atoms with Crippen molar-refractivity contribution >= 4 is 11.3 Å². The monoisotopic (exact) mass is 266 g/mol. The second-order valence-corrected chi connectivity index (χ2v) is 4.92. The van der Waals surface area contributed by atoms with Crippen LogP contribution in [0, 0.1) is 5.82 Å². The molecule has 1 atom stereocenters. The van der Waals surface area contributed by atoms with Gasteiger partial charge in [-0.05, 0) is 20.0 Å². The van der Waals surface area contributed by atoms with E-state index in [-0.39, 0.29) is 11.9 Å². The SMILES string of the molecule is CNC(C)c1ccc(F)cc1OCc1cncs1. The maximum absolute atomic E-state index is 13.3. The van der Waals surface area contributed by atoms with Crippen molar-refractivity contribution in [3.8, 4) is 5.75 Å². The summed E-state index contributed by atoms with van der Waals surface area (Å²) in [4.78, 5) is 4.99. The molecule has 0 aliphatic carbocycles. The fourth-order valence-corrected chi connectivity index (χ4v) is 2.11. The highest BCUT2D eigenvalue weighted by atomic mass is 32.1. The maximum Gasteiger partial charge on any atom is 0.127 e. The molecule has 1 aromatic heterocycles. The van der Waals surface area contributed by atoms with Crippen LogP contribution in [0.15, 0.2) is 29.9 Å². The molecule has 0 amide bonds. The molecule has 0 radical (unpaired) electrons. The predicted octanol–water partition coefficient (Wildman–Crippen LogP) is 3.14. The third-order valence-corrected chi connectivity index (χ3v) is 3.48. The smallest absolute Gasteiger partial charge is 0.127 e. The van der Waals surface area contributed by atoms with E-state index in [2.05, 4.69) is 10.3 Å². The Kier molecular flexibility index (Phi) is 4.28. The number of nitrogens with zero attached hydrogens (tertiary/aromatic N) is 1. The van der Waals surface area contributed by atoms with Gasteiger partial charge in [0.2, 0.25) is 0 Å². The molecule has 2 rings (SSSR count). The average molecular weight is 266 g/mol. The molecule has 18 heavy (non-hydrogen) atoms. The minimum absolute atomic E-state index is 0.113. The van der Waals surface area contributed by atoms with Crippen molar-refractivity contribution in [2.24, 2.45) is 0 Å². The highest BCUT2D eigenvalue weighted by Gasteiger charge is 2.11. The first-order valence-corrected chi connectivity index (χ1v) is 6.55. The van der Waals surface area contributed by atoms with Crippen LogP contribution < -0.4 is 10.1 Å². The van der Waals surface area contributed by atoms with Crippen molar-refractivity contribution in [3.05, 3.63) is 46.2 Å². The first-order valence-electron chi connectivity index (χ1n) is 5.67. The van der Waals surface area contributed by atoms with Gasteiger partial charge < -0.3 is 10.1 Å². The molecule has 2 aromatic rings. The second kappa shape index (κ2) is 5.93. The summed E-state index contributed by atoms with van der Waals surface area (Å²) in [6.45, 7) is 2.42. The minimum Gasteiger partial charge on any atom is -0.488 e. The zero-order chi connectivity index (χ0) is 13.0.